The van der Waals surface area contributed by atoms with Crippen LogP contribution in [0.15, 0.2) is 0 Å². The van der Waals surface area contributed by atoms with Gasteiger partial charge in [0.1, 0.15) is 0 Å². The summed E-state index contributed by atoms with van der Waals surface area (Å²) in [5, 5.41) is 16.6. The third kappa shape index (κ3) is 4.71. The highest BCUT2D eigenvalue weighted by molar-refractivity contribution is 8.12. The fourth-order valence-corrected chi connectivity index (χ4v) is 1.06. The van der Waals surface area contributed by atoms with Gasteiger partial charge in [-0.15, -0.1) is 0 Å². The van der Waals surface area contributed by atoms with Crippen molar-refractivity contribution in [2.24, 2.45) is 0 Å². The molecule has 5 nitrogen and oxygen atoms in total. The molecule has 0 atom stereocenters. The Morgan fingerprint density at radius 2 is 1.92 bits per heavy atom. The van der Waals surface area contributed by atoms with Crippen molar-refractivity contribution in [3.63, 3.8) is 0 Å². The van der Waals surface area contributed by atoms with E-state index >= 15 is 0 Å². The van der Waals surface area contributed by atoms with Crippen molar-refractivity contribution in [2.75, 3.05) is 6.61 Å². The van der Waals surface area contributed by atoms with Crippen LogP contribution in [-0.2, 0) is 14.2 Å². The van der Waals surface area contributed by atoms with Crippen molar-refractivity contribution in [3.8, 4) is 0 Å². The van der Waals surface area contributed by atoms with E-state index in [0.29, 0.717) is 6.42 Å². The highest BCUT2D eigenvalue weighted by atomic mass is 32.2. The molecule has 0 radical (unpaired) electrons. The minimum atomic E-state index is -4.17. The zero-order valence-corrected chi connectivity index (χ0v) is 7.75. The summed E-state index contributed by atoms with van der Waals surface area (Å²) in [6.45, 7) is 1.98. The monoisotopic (exact) mass is 196 g/mol. The summed E-state index contributed by atoms with van der Waals surface area (Å²) in [5.74, 6) is 0. The summed E-state index contributed by atoms with van der Waals surface area (Å²) in [7, 11) is -4.17. The molecule has 0 aliphatic carbocycles. The van der Waals surface area contributed by atoms with Crippen molar-refractivity contribution in [2.45, 2.75) is 26.2 Å². The largest absolute Gasteiger partial charge is 0.629 e. The molecule has 0 aromatic heterocycles. The van der Waals surface area contributed by atoms with Gasteiger partial charge in [0.05, 0.1) is 6.61 Å². The molecule has 0 heterocycles. The van der Waals surface area contributed by atoms with E-state index in [-0.39, 0.29) is 6.61 Å². The molecule has 7 heteroatoms. The van der Waals surface area contributed by atoms with Crippen LogP contribution in [0.1, 0.15) is 26.2 Å². The van der Waals surface area contributed by atoms with Crippen molar-refractivity contribution in [1.29, 1.82) is 0 Å². The first-order chi connectivity index (χ1) is 5.50. The Balaban J connectivity index is 3.63. The van der Waals surface area contributed by atoms with E-state index in [4.69, 9.17) is 10.0 Å². The SMILES string of the molecule is CCCCCOS(=O)(=O)B(O)O. The molecular formula is C5H13BO5S. The van der Waals surface area contributed by atoms with E-state index in [1.54, 1.807) is 0 Å². The number of unbranched alkanes of at least 4 members (excludes halogenated alkanes) is 2. The molecule has 0 spiro atoms. The van der Waals surface area contributed by atoms with Crippen molar-refractivity contribution >= 4 is 16.4 Å². The second-order valence-electron chi connectivity index (χ2n) is 2.35. The van der Waals surface area contributed by atoms with Crippen LogP contribution in [0.25, 0.3) is 0 Å². The Morgan fingerprint density at radius 3 is 2.33 bits per heavy atom. The summed E-state index contributed by atoms with van der Waals surface area (Å²) in [5.41, 5.74) is 0. The Kier molecular flexibility index (Phi) is 5.48. The predicted octanol–water partition coefficient (Wildman–Crippen LogP) is -0.507. The first-order valence-electron chi connectivity index (χ1n) is 3.75. The van der Waals surface area contributed by atoms with E-state index in [1.807, 2.05) is 6.92 Å². The van der Waals surface area contributed by atoms with Crippen LogP contribution >= 0.6 is 0 Å². The average molecular weight is 196 g/mol. The summed E-state index contributed by atoms with van der Waals surface area (Å²) in [4.78, 5) is 0. The molecule has 0 fully saturated rings. The van der Waals surface area contributed by atoms with Crippen LogP contribution in [-0.4, -0.2) is 31.5 Å². The van der Waals surface area contributed by atoms with Gasteiger partial charge in [-0.1, -0.05) is 19.8 Å². The van der Waals surface area contributed by atoms with E-state index in [9.17, 15) is 8.42 Å². The molecule has 0 rings (SSSR count). The van der Waals surface area contributed by atoms with Crippen LogP contribution in [0.2, 0.25) is 0 Å². The zero-order chi connectivity index (χ0) is 9.61. The summed E-state index contributed by atoms with van der Waals surface area (Å²) in [6.07, 6.45) is -0.0240. The normalized spacial score (nSPS) is 11.6. The standard InChI is InChI=1S/C5H13BO5S/c1-2-3-4-5-11-12(9,10)6(7)8/h7-8H,2-5H2,1H3. The maximum atomic E-state index is 10.6. The topological polar surface area (TPSA) is 83.8 Å². The average Bonchev–Trinajstić information content (AvgIpc) is 1.98. The van der Waals surface area contributed by atoms with Gasteiger partial charge in [0.2, 0.25) is 0 Å². The molecule has 0 aliphatic rings. The minimum Gasteiger partial charge on any atom is -0.413 e. The van der Waals surface area contributed by atoms with Gasteiger partial charge in [-0.25, -0.2) is 8.42 Å². The summed E-state index contributed by atoms with van der Waals surface area (Å²) >= 11 is 0. The maximum Gasteiger partial charge on any atom is 0.629 e. The highest BCUT2D eigenvalue weighted by Gasteiger charge is 2.29. The third-order valence-electron chi connectivity index (χ3n) is 1.25. The van der Waals surface area contributed by atoms with Crippen LogP contribution in [0, 0.1) is 0 Å². The second kappa shape index (κ2) is 5.53. The van der Waals surface area contributed by atoms with Crippen molar-refractivity contribution < 1.29 is 22.6 Å². The Labute approximate surface area is 72.5 Å². The van der Waals surface area contributed by atoms with Gasteiger partial charge >= 0.3 is 6.40 Å². The molecule has 0 aromatic rings. The molecule has 12 heavy (non-hydrogen) atoms. The molecule has 0 saturated heterocycles. The van der Waals surface area contributed by atoms with Crippen molar-refractivity contribution in [1.82, 2.24) is 0 Å². The smallest absolute Gasteiger partial charge is 0.413 e. The predicted molar refractivity (Wildman–Crippen MR) is 44.6 cm³/mol. The molecule has 0 aromatic carbocycles. The number of rotatable bonds is 6. The highest BCUT2D eigenvalue weighted by Crippen LogP contribution is 1.99. The lowest BCUT2D eigenvalue weighted by Gasteiger charge is -2.02. The van der Waals surface area contributed by atoms with Crippen LogP contribution in [0.3, 0.4) is 0 Å². The van der Waals surface area contributed by atoms with Crippen molar-refractivity contribution in [3.05, 3.63) is 0 Å². The Hall–Kier alpha value is -0.105. The molecule has 0 amide bonds. The zero-order valence-electron chi connectivity index (χ0n) is 6.93. The van der Waals surface area contributed by atoms with Gasteiger partial charge in [-0.05, 0) is 6.42 Å². The molecule has 2 N–H and O–H groups in total. The molecule has 0 saturated carbocycles. The van der Waals surface area contributed by atoms with Gasteiger partial charge in [-0.3, -0.25) is 4.18 Å². The fourth-order valence-electron chi connectivity index (χ4n) is 0.588. The molecule has 0 bridgehead atoms. The van der Waals surface area contributed by atoms with E-state index in [0.717, 1.165) is 12.8 Å². The first-order valence-corrected chi connectivity index (χ1v) is 5.22. The summed E-state index contributed by atoms with van der Waals surface area (Å²) < 4.78 is 25.4. The van der Waals surface area contributed by atoms with E-state index < -0.39 is 16.4 Å². The quantitative estimate of drug-likeness (QED) is 0.441. The fraction of sp³-hybridized carbons (Fsp3) is 1.00. The lowest BCUT2D eigenvalue weighted by molar-refractivity contribution is 0.304. The molecular weight excluding hydrogens is 183 g/mol. The maximum absolute atomic E-state index is 10.6. The van der Waals surface area contributed by atoms with E-state index in [2.05, 4.69) is 4.18 Å². The minimum absolute atomic E-state index is 0.00773. The molecule has 0 unspecified atom stereocenters. The number of hydrogen-bond donors (Lipinski definition) is 2. The lowest BCUT2D eigenvalue weighted by atomic mass is 10.3. The van der Waals surface area contributed by atoms with Gasteiger partial charge in [0, 0.05) is 0 Å². The van der Waals surface area contributed by atoms with Crippen LogP contribution < -0.4 is 0 Å². The van der Waals surface area contributed by atoms with Gasteiger partial charge in [0.15, 0.2) is 0 Å². The lowest BCUT2D eigenvalue weighted by Crippen LogP contribution is -2.28. The Bertz CT molecular complexity index is 200. The van der Waals surface area contributed by atoms with Gasteiger partial charge in [-0.2, -0.15) is 0 Å². The Morgan fingerprint density at radius 1 is 1.33 bits per heavy atom. The van der Waals surface area contributed by atoms with Gasteiger partial charge < -0.3 is 10.0 Å². The molecule has 0 aliphatic heterocycles. The van der Waals surface area contributed by atoms with Crippen LogP contribution in [0.5, 0.6) is 0 Å². The number of hydrogen-bond acceptors (Lipinski definition) is 5. The summed E-state index contributed by atoms with van der Waals surface area (Å²) in [6, 6.07) is 0. The second-order valence-corrected chi connectivity index (χ2v) is 3.99. The first kappa shape index (κ1) is 11.9. The van der Waals surface area contributed by atoms with E-state index in [1.165, 1.54) is 0 Å². The molecule has 72 valence electrons. The van der Waals surface area contributed by atoms with Crippen LogP contribution in [0.4, 0.5) is 0 Å². The third-order valence-corrected chi connectivity index (χ3v) is 2.27. The van der Waals surface area contributed by atoms with Gasteiger partial charge in [0.25, 0.3) is 9.97 Å².